The Labute approximate surface area is 172 Å². The second-order valence-corrected chi connectivity index (χ2v) is 9.02. The molecule has 6 nitrogen and oxygen atoms in total. The van der Waals surface area contributed by atoms with Crippen LogP contribution in [0, 0.1) is 12.8 Å². The Bertz CT molecular complexity index is 1080. The van der Waals surface area contributed by atoms with E-state index in [1.807, 2.05) is 0 Å². The van der Waals surface area contributed by atoms with Crippen LogP contribution in [-0.4, -0.2) is 20.1 Å². The molecule has 0 radical (unpaired) electrons. The molecule has 27 heavy (non-hydrogen) atoms. The van der Waals surface area contributed by atoms with Crippen molar-refractivity contribution in [1.29, 1.82) is 0 Å². The third kappa shape index (κ3) is 3.79. The first-order valence-corrected chi connectivity index (χ1v) is 10.6. The molecule has 2 heterocycles. The molecule has 2 aromatic heterocycles. The summed E-state index contributed by atoms with van der Waals surface area (Å²) in [6.07, 6.45) is 0. The Kier molecular flexibility index (Phi) is 5.69. The summed E-state index contributed by atoms with van der Waals surface area (Å²) in [5, 5.41) is 4.83. The number of benzene rings is 1. The third-order valence-corrected chi connectivity index (χ3v) is 6.23. The van der Waals surface area contributed by atoms with Gasteiger partial charge in [-0.25, -0.2) is 4.98 Å². The molecule has 0 aliphatic carbocycles. The van der Waals surface area contributed by atoms with Gasteiger partial charge in [-0.3, -0.25) is 9.00 Å². The van der Waals surface area contributed by atoms with Gasteiger partial charge >= 0.3 is 0 Å². The number of rotatable bonds is 5. The topological polar surface area (TPSA) is 99.1 Å². The van der Waals surface area contributed by atoms with Crippen LogP contribution in [0.3, 0.4) is 0 Å². The first-order valence-electron chi connectivity index (χ1n) is 8.12. The van der Waals surface area contributed by atoms with E-state index in [0.717, 1.165) is 0 Å². The van der Waals surface area contributed by atoms with Crippen molar-refractivity contribution >= 4 is 60.7 Å². The zero-order valence-corrected chi connectivity index (χ0v) is 18.0. The summed E-state index contributed by atoms with van der Waals surface area (Å²) in [4.78, 5) is 17.4. The molecule has 0 spiro atoms. The quantitative estimate of drug-likeness (QED) is 0.544. The molecule has 2 N–H and O–H groups in total. The van der Waals surface area contributed by atoms with Crippen molar-refractivity contribution in [3.05, 3.63) is 44.7 Å². The predicted molar refractivity (Wildman–Crippen MR) is 109 cm³/mol. The highest BCUT2D eigenvalue weighted by Gasteiger charge is 2.27. The van der Waals surface area contributed by atoms with E-state index in [9.17, 15) is 9.00 Å². The van der Waals surface area contributed by atoms with E-state index in [1.165, 1.54) is 0 Å². The lowest BCUT2D eigenvalue weighted by molar-refractivity contribution is 0.0936. The zero-order valence-electron chi connectivity index (χ0n) is 14.9. The van der Waals surface area contributed by atoms with E-state index in [1.54, 1.807) is 39.0 Å². The van der Waals surface area contributed by atoms with Gasteiger partial charge in [-0.2, -0.15) is 0 Å². The Hall–Kier alpha value is -1.77. The normalized spacial score (nSPS) is 12.7. The predicted octanol–water partition coefficient (Wildman–Crippen LogP) is 4.68. The minimum Gasteiger partial charge on any atom is -0.397 e. The fourth-order valence-electron chi connectivity index (χ4n) is 2.68. The molecule has 0 aliphatic rings. The monoisotopic (exact) mass is 469 g/mol. The number of carbonyl (C=O) groups excluding carboxylic acids is 1. The lowest BCUT2D eigenvalue weighted by Crippen LogP contribution is -2.17. The first kappa shape index (κ1) is 20.0. The summed E-state index contributed by atoms with van der Waals surface area (Å²) in [5.41, 5.74) is 7.63. The van der Waals surface area contributed by atoms with Crippen LogP contribution in [0.2, 0.25) is 5.02 Å². The summed E-state index contributed by atoms with van der Waals surface area (Å²) in [7, 11) is -1.65. The summed E-state index contributed by atoms with van der Waals surface area (Å²) in [5.74, 6) is 0.0902. The Balaban J connectivity index is 2.25. The van der Waals surface area contributed by atoms with Crippen LogP contribution in [0.5, 0.6) is 0 Å². The highest BCUT2D eigenvalue weighted by molar-refractivity contribution is 9.10. The van der Waals surface area contributed by atoms with Crippen LogP contribution in [0.15, 0.2) is 32.2 Å². The number of anilines is 1. The van der Waals surface area contributed by atoms with E-state index in [0.29, 0.717) is 31.9 Å². The number of Topliss-reactive ketones (excluding diaryl/α,β-unsaturated/α-hetero) is 1. The van der Waals surface area contributed by atoms with Crippen molar-refractivity contribution in [3.8, 4) is 0 Å². The van der Waals surface area contributed by atoms with Crippen LogP contribution in [-0.2, 0) is 16.6 Å². The van der Waals surface area contributed by atoms with Gasteiger partial charge in [0.15, 0.2) is 5.78 Å². The molecule has 0 saturated carbocycles. The van der Waals surface area contributed by atoms with Crippen molar-refractivity contribution in [3.63, 3.8) is 0 Å². The Morgan fingerprint density at radius 2 is 2.11 bits per heavy atom. The molecule has 0 fully saturated rings. The molecule has 3 aromatic rings. The molecule has 142 valence electrons. The minimum atomic E-state index is -1.65. The number of nitrogen functional groups attached to an aromatic ring is 1. The highest BCUT2D eigenvalue weighted by atomic mass is 79.9. The molecule has 1 atom stereocenters. The largest absolute Gasteiger partial charge is 0.397 e. The smallest absolute Gasteiger partial charge is 0.170 e. The maximum atomic E-state index is 13.1. The number of ketones is 1. The highest BCUT2D eigenvalue weighted by Crippen LogP contribution is 2.37. The second-order valence-electron chi connectivity index (χ2n) is 6.40. The van der Waals surface area contributed by atoms with Crippen molar-refractivity contribution in [2.45, 2.75) is 31.6 Å². The van der Waals surface area contributed by atoms with Crippen molar-refractivity contribution in [2.24, 2.45) is 5.92 Å². The summed E-state index contributed by atoms with van der Waals surface area (Å²) >= 11 is 9.73. The summed E-state index contributed by atoms with van der Waals surface area (Å²) in [6, 6.07) is 5.10. The number of aromatic nitrogens is 2. The van der Waals surface area contributed by atoms with Gasteiger partial charge in [0.25, 0.3) is 0 Å². The maximum absolute atomic E-state index is 13.1. The van der Waals surface area contributed by atoms with Crippen LogP contribution in [0.1, 0.15) is 35.7 Å². The lowest BCUT2D eigenvalue weighted by atomic mass is 9.99. The van der Waals surface area contributed by atoms with Gasteiger partial charge in [-0.05, 0) is 35.0 Å². The first-order chi connectivity index (χ1) is 12.7. The molecule has 0 saturated heterocycles. The lowest BCUT2D eigenvalue weighted by Gasteiger charge is -2.16. The van der Waals surface area contributed by atoms with Crippen molar-refractivity contribution in [2.75, 3.05) is 5.73 Å². The average Bonchev–Trinajstić information content (AvgIpc) is 3.01. The minimum absolute atomic E-state index is 0.0614. The van der Waals surface area contributed by atoms with E-state index < -0.39 is 10.8 Å². The van der Waals surface area contributed by atoms with Crippen molar-refractivity contribution in [1.82, 2.24) is 10.1 Å². The van der Waals surface area contributed by atoms with Gasteiger partial charge < -0.3 is 10.3 Å². The van der Waals surface area contributed by atoms with E-state index in [-0.39, 0.29) is 33.7 Å². The van der Waals surface area contributed by atoms with Gasteiger partial charge in [-0.15, -0.1) is 0 Å². The van der Waals surface area contributed by atoms with Gasteiger partial charge in [0, 0.05) is 21.8 Å². The van der Waals surface area contributed by atoms with Crippen LogP contribution >= 0.6 is 27.5 Å². The molecule has 3 rings (SSSR count). The number of carbonyl (C=O) groups is 1. The third-order valence-electron chi connectivity index (χ3n) is 3.99. The number of aryl methyl sites for hydroxylation is 1. The van der Waals surface area contributed by atoms with Crippen LogP contribution in [0.25, 0.3) is 10.9 Å². The van der Waals surface area contributed by atoms with E-state index >= 15 is 0 Å². The maximum Gasteiger partial charge on any atom is 0.170 e. The molecule has 1 unspecified atom stereocenters. The number of halogens is 2. The zero-order chi connectivity index (χ0) is 19.9. The fourth-order valence-corrected chi connectivity index (χ4v) is 4.53. The van der Waals surface area contributed by atoms with Gasteiger partial charge in [0.1, 0.15) is 10.8 Å². The number of hydrogen-bond donors (Lipinski definition) is 1. The SMILES string of the molecule is Cc1cc(CS(=O)c2nc3c(Br)ccc(Cl)c3c(N)c2C(=O)C(C)C)no1. The Morgan fingerprint density at radius 3 is 2.70 bits per heavy atom. The van der Waals surface area contributed by atoms with E-state index in [4.69, 9.17) is 21.9 Å². The second kappa shape index (κ2) is 7.69. The number of nitrogens with two attached hydrogens (primary N) is 1. The van der Waals surface area contributed by atoms with Gasteiger partial charge in [0.05, 0.1) is 44.0 Å². The number of fused-ring (bicyclic) bond motifs is 1. The number of hydrogen-bond acceptors (Lipinski definition) is 6. The van der Waals surface area contributed by atoms with Crippen LogP contribution in [0.4, 0.5) is 5.69 Å². The number of pyridine rings is 1. The van der Waals surface area contributed by atoms with Gasteiger partial charge in [0.2, 0.25) is 0 Å². The number of nitrogens with zero attached hydrogens (tertiary/aromatic N) is 2. The summed E-state index contributed by atoms with van der Waals surface area (Å²) in [6.45, 7) is 5.25. The van der Waals surface area contributed by atoms with Crippen molar-refractivity contribution < 1.29 is 13.5 Å². The Morgan fingerprint density at radius 1 is 1.41 bits per heavy atom. The molecule has 1 aromatic carbocycles. The molecule has 0 bridgehead atoms. The molecular weight excluding hydrogens is 454 g/mol. The van der Waals surface area contributed by atoms with Gasteiger partial charge in [-0.1, -0.05) is 30.6 Å². The van der Waals surface area contributed by atoms with E-state index in [2.05, 4.69) is 26.1 Å². The fraction of sp³-hybridized carbons (Fsp3) is 0.278. The molecular formula is C18H17BrClN3O3S. The molecule has 0 amide bonds. The molecule has 0 aliphatic heterocycles. The standard InChI is InChI=1S/C18H17BrClN3O3S/c1-8(2)17(24)14-15(21)13-12(20)5-4-11(19)16(13)22-18(14)27(25)7-10-6-9(3)26-23-10/h4-6,8H,7H2,1-3H3,(H2,21,22). The molecule has 9 heteroatoms. The average molecular weight is 471 g/mol. The summed E-state index contributed by atoms with van der Waals surface area (Å²) < 4.78 is 18.7. The van der Waals surface area contributed by atoms with Crippen LogP contribution < -0.4 is 5.73 Å².